The van der Waals surface area contributed by atoms with E-state index >= 15 is 0 Å². The summed E-state index contributed by atoms with van der Waals surface area (Å²) in [5.41, 5.74) is 4.86. The molecule has 1 fully saturated rings. The number of aliphatic carboxylic acids is 1. The summed E-state index contributed by atoms with van der Waals surface area (Å²) in [5, 5.41) is 12.0. The Labute approximate surface area is 171 Å². The average molecular weight is 393 g/mol. The Hall–Kier alpha value is -2.82. The molecule has 0 bridgehead atoms. The Morgan fingerprint density at radius 3 is 2.14 bits per heavy atom. The lowest BCUT2D eigenvalue weighted by Crippen LogP contribution is -2.45. The van der Waals surface area contributed by atoms with Crippen molar-refractivity contribution in [3.8, 4) is 11.1 Å². The van der Waals surface area contributed by atoms with Gasteiger partial charge in [-0.1, -0.05) is 62.4 Å². The molecule has 29 heavy (non-hydrogen) atoms. The van der Waals surface area contributed by atoms with Crippen molar-refractivity contribution in [3.63, 3.8) is 0 Å². The van der Waals surface area contributed by atoms with E-state index < -0.39 is 18.1 Å². The largest absolute Gasteiger partial charge is 0.480 e. The summed E-state index contributed by atoms with van der Waals surface area (Å²) in [6.45, 7) is 4.54. The number of carboxylic acids is 1. The molecule has 1 saturated carbocycles. The third-order valence-electron chi connectivity index (χ3n) is 6.19. The minimum absolute atomic E-state index is 0.0381. The Kier molecular flexibility index (Phi) is 5.07. The van der Waals surface area contributed by atoms with Gasteiger partial charge in [-0.3, -0.25) is 0 Å². The van der Waals surface area contributed by atoms with Gasteiger partial charge in [0.05, 0.1) is 0 Å². The van der Waals surface area contributed by atoms with Crippen LogP contribution in [0, 0.1) is 11.3 Å². The number of hydrogen-bond acceptors (Lipinski definition) is 3. The van der Waals surface area contributed by atoms with Gasteiger partial charge in [0.15, 0.2) is 0 Å². The highest BCUT2D eigenvalue weighted by Gasteiger charge is 2.39. The smallest absolute Gasteiger partial charge is 0.407 e. The van der Waals surface area contributed by atoms with Crippen LogP contribution in [0.5, 0.6) is 0 Å². The second-order valence-electron chi connectivity index (χ2n) is 9.03. The molecule has 0 spiro atoms. The van der Waals surface area contributed by atoms with Crippen LogP contribution < -0.4 is 5.32 Å². The summed E-state index contributed by atoms with van der Waals surface area (Å²) in [7, 11) is 0. The van der Waals surface area contributed by atoms with Crippen molar-refractivity contribution in [1.29, 1.82) is 0 Å². The van der Waals surface area contributed by atoms with Crippen molar-refractivity contribution < 1.29 is 19.4 Å². The van der Waals surface area contributed by atoms with Crippen molar-refractivity contribution in [3.05, 3.63) is 59.7 Å². The van der Waals surface area contributed by atoms with E-state index in [1.165, 1.54) is 0 Å². The van der Waals surface area contributed by atoms with Crippen LogP contribution in [0.15, 0.2) is 48.5 Å². The number of carboxylic acid groups (broad SMARTS) is 1. The van der Waals surface area contributed by atoms with Gasteiger partial charge < -0.3 is 15.2 Å². The SMILES string of the molecule is CC1(C)CC(CC(NC(=O)OCC2c3ccccc3-c3ccccc32)C(=O)O)C1. The van der Waals surface area contributed by atoms with Crippen LogP contribution >= 0.6 is 0 Å². The fourth-order valence-electron chi connectivity index (χ4n) is 5.01. The Morgan fingerprint density at radius 1 is 1.07 bits per heavy atom. The summed E-state index contributed by atoms with van der Waals surface area (Å²) in [5.74, 6) is -0.716. The monoisotopic (exact) mass is 393 g/mol. The maximum absolute atomic E-state index is 12.4. The number of hydrogen-bond donors (Lipinski definition) is 2. The van der Waals surface area contributed by atoms with Gasteiger partial charge in [-0.05, 0) is 52.8 Å². The molecule has 1 unspecified atom stereocenters. The van der Waals surface area contributed by atoms with Gasteiger partial charge in [0, 0.05) is 5.92 Å². The van der Waals surface area contributed by atoms with Crippen LogP contribution in [-0.2, 0) is 9.53 Å². The van der Waals surface area contributed by atoms with Crippen LogP contribution in [0.4, 0.5) is 4.79 Å². The first-order valence-electron chi connectivity index (χ1n) is 10.2. The number of carbonyl (C=O) groups is 2. The topological polar surface area (TPSA) is 75.6 Å². The second kappa shape index (κ2) is 7.54. The highest BCUT2D eigenvalue weighted by atomic mass is 16.5. The Morgan fingerprint density at radius 2 is 1.62 bits per heavy atom. The van der Waals surface area contributed by atoms with Crippen molar-refractivity contribution in [2.45, 2.75) is 45.1 Å². The molecule has 5 nitrogen and oxygen atoms in total. The van der Waals surface area contributed by atoms with Crippen LogP contribution in [0.3, 0.4) is 0 Å². The molecule has 2 aliphatic rings. The molecule has 2 aromatic carbocycles. The molecule has 2 aromatic rings. The average Bonchev–Trinajstić information content (AvgIpc) is 2.98. The zero-order valence-electron chi connectivity index (χ0n) is 16.9. The van der Waals surface area contributed by atoms with E-state index in [9.17, 15) is 14.7 Å². The molecule has 1 amide bonds. The van der Waals surface area contributed by atoms with Gasteiger partial charge in [0.1, 0.15) is 12.6 Å². The number of ether oxygens (including phenoxy) is 1. The van der Waals surface area contributed by atoms with E-state index in [2.05, 4.69) is 43.4 Å². The number of rotatable bonds is 6. The summed E-state index contributed by atoms with van der Waals surface area (Å²) < 4.78 is 5.48. The van der Waals surface area contributed by atoms with Crippen LogP contribution in [-0.4, -0.2) is 29.8 Å². The molecular weight excluding hydrogens is 366 g/mol. The van der Waals surface area contributed by atoms with E-state index in [4.69, 9.17) is 4.74 Å². The van der Waals surface area contributed by atoms with E-state index in [-0.39, 0.29) is 17.9 Å². The summed E-state index contributed by atoms with van der Waals surface area (Å²) in [6, 6.07) is 15.3. The molecule has 0 aromatic heterocycles. The molecule has 0 radical (unpaired) electrons. The first kappa shape index (κ1) is 19.5. The quantitative estimate of drug-likeness (QED) is 0.739. The lowest BCUT2D eigenvalue weighted by atomic mass is 9.63. The summed E-state index contributed by atoms with van der Waals surface area (Å²) >= 11 is 0. The molecule has 2 N–H and O–H groups in total. The van der Waals surface area contributed by atoms with Gasteiger partial charge in [0.2, 0.25) is 0 Å². The lowest BCUT2D eigenvalue weighted by molar-refractivity contribution is -0.140. The molecule has 5 heteroatoms. The fourth-order valence-corrected chi connectivity index (χ4v) is 5.01. The fraction of sp³-hybridized carbons (Fsp3) is 0.417. The van der Waals surface area contributed by atoms with Gasteiger partial charge in [-0.2, -0.15) is 0 Å². The summed E-state index contributed by atoms with van der Waals surface area (Å²) in [6.07, 6.45) is 1.76. The van der Waals surface area contributed by atoms with Crippen molar-refractivity contribution in [2.24, 2.45) is 11.3 Å². The van der Waals surface area contributed by atoms with Crippen molar-refractivity contribution in [1.82, 2.24) is 5.32 Å². The van der Waals surface area contributed by atoms with Crippen LogP contribution in [0.25, 0.3) is 11.1 Å². The molecule has 1 atom stereocenters. The van der Waals surface area contributed by atoms with Gasteiger partial charge in [-0.15, -0.1) is 0 Å². The van der Waals surface area contributed by atoms with E-state index in [0.717, 1.165) is 35.1 Å². The maximum atomic E-state index is 12.4. The zero-order chi connectivity index (χ0) is 20.6. The molecular formula is C24H27NO4. The molecule has 0 aliphatic heterocycles. The predicted molar refractivity (Wildman–Crippen MR) is 111 cm³/mol. The first-order valence-corrected chi connectivity index (χ1v) is 10.2. The molecule has 2 aliphatic carbocycles. The van der Waals surface area contributed by atoms with Crippen LogP contribution in [0.2, 0.25) is 0 Å². The Balaban J connectivity index is 1.38. The zero-order valence-corrected chi connectivity index (χ0v) is 16.9. The maximum Gasteiger partial charge on any atom is 0.407 e. The molecule has 4 rings (SSSR count). The number of nitrogens with one attached hydrogen (secondary N) is 1. The number of amides is 1. The number of carbonyl (C=O) groups excluding carboxylic acids is 1. The van der Waals surface area contributed by atoms with Gasteiger partial charge >= 0.3 is 12.1 Å². The minimum atomic E-state index is -1.01. The highest BCUT2D eigenvalue weighted by Crippen LogP contribution is 2.47. The number of benzene rings is 2. The van der Waals surface area contributed by atoms with Crippen molar-refractivity contribution >= 4 is 12.1 Å². The molecule has 0 heterocycles. The van der Waals surface area contributed by atoms with Gasteiger partial charge in [0.25, 0.3) is 0 Å². The first-order chi connectivity index (χ1) is 13.8. The lowest BCUT2D eigenvalue weighted by Gasteiger charge is -2.43. The predicted octanol–water partition coefficient (Wildman–Crippen LogP) is 4.80. The number of fused-ring (bicyclic) bond motifs is 3. The van der Waals surface area contributed by atoms with Crippen LogP contribution in [0.1, 0.15) is 50.2 Å². The van der Waals surface area contributed by atoms with Gasteiger partial charge in [-0.25, -0.2) is 9.59 Å². The van der Waals surface area contributed by atoms with E-state index in [1.54, 1.807) is 0 Å². The summed E-state index contributed by atoms with van der Waals surface area (Å²) in [4.78, 5) is 23.9. The number of alkyl carbamates (subject to hydrolysis) is 1. The van der Waals surface area contributed by atoms with E-state index in [1.807, 2.05) is 24.3 Å². The normalized spacial score (nSPS) is 18.3. The van der Waals surface area contributed by atoms with Crippen molar-refractivity contribution in [2.75, 3.05) is 6.61 Å². The second-order valence-corrected chi connectivity index (χ2v) is 9.03. The highest BCUT2D eigenvalue weighted by molar-refractivity contribution is 5.81. The molecule has 152 valence electrons. The van der Waals surface area contributed by atoms with E-state index in [0.29, 0.717) is 12.3 Å². The molecule has 0 saturated heterocycles. The Bertz CT molecular complexity index is 882. The minimum Gasteiger partial charge on any atom is -0.480 e. The standard InChI is InChI=1S/C24H27NO4/c1-24(2)12-15(13-24)11-21(22(26)27)25-23(28)29-14-20-18-9-5-3-7-16(18)17-8-4-6-10-19(17)20/h3-10,15,20-21H,11-14H2,1-2H3,(H,25,28)(H,26,27). The third-order valence-corrected chi connectivity index (χ3v) is 6.19. The third kappa shape index (κ3) is 4.00.